The third-order valence-electron chi connectivity index (χ3n) is 2.34. The standard InChI is InChI=1S/C10H13N3.CH3NO/c1-7-9-4-3-8(6-11)5-10(9)13(2)12-7;1-2-3/h3-5H,6,11H2,1-2H3;3H,1H2. The Balaban J connectivity index is 0.000000386. The molecule has 5 nitrogen and oxygen atoms in total. The van der Waals surface area contributed by atoms with Gasteiger partial charge in [-0.2, -0.15) is 5.10 Å². The summed E-state index contributed by atoms with van der Waals surface area (Å²) in [7, 11) is 1.95. The van der Waals surface area contributed by atoms with Gasteiger partial charge in [0.2, 0.25) is 0 Å². The number of nitrogens with two attached hydrogens (primary N) is 1. The number of hydrogen-bond donors (Lipinski definition) is 2. The summed E-state index contributed by atoms with van der Waals surface area (Å²) in [5.74, 6) is 0. The molecule has 0 radical (unpaired) electrons. The zero-order valence-electron chi connectivity index (χ0n) is 9.51. The van der Waals surface area contributed by atoms with Gasteiger partial charge >= 0.3 is 0 Å². The van der Waals surface area contributed by atoms with E-state index in [1.165, 1.54) is 5.39 Å². The van der Waals surface area contributed by atoms with Gasteiger partial charge in [0.25, 0.3) is 0 Å². The van der Waals surface area contributed by atoms with Crippen molar-refractivity contribution in [1.29, 1.82) is 0 Å². The Labute approximate surface area is 94.2 Å². The van der Waals surface area contributed by atoms with E-state index in [0.717, 1.165) is 16.8 Å². The Morgan fingerprint density at radius 2 is 2.19 bits per heavy atom. The molecule has 0 atom stereocenters. The highest BCUT2D eigenvalue weighted by Gasteiger charge is 2.03. The van der Waals surface area contributed by atoms with Crippen LogP contribution >= 0.6 is 0 Å². The van der Waals surface area contributed by atoms with Crippen molar-refractivity contribution in [3.8, 4) is 0 Å². The lowest BCUT2D eigenvalue weighted by Gasteiger charge is -1.97. The van der Waals surface area contributed by atoms with Crippen LogP contribution in [0.1, 0.15) is 11.3 Å². The van der Waals surface area contributed by atoms with Crippen molar-refractivity contribution in [3.05, 3.63) is 29.5 Å². The van der Waals surface area contributed by atoms with Crippen molar-refractivity contribution in [1.82, 2.24) is 9.78 Å². The van der Waals surface area contributed by atoms with Crippen LogP contribution in [0.3, 0.4) is 0 Å². The number of benzene rings is 1. The Hall–Kier alpha value is -1.88. The molecule has 0 saturated heterocycles. The maximum atomic E-state index is 7.08. The highest BCUT2D eigenvalue weighted by molar-refractivity contribution is 5.82. The first kappa shape index (κ1) is 12.2. The lowest BCUT2D eigenvalue weighted by molar-refractivity contribution is 0.323. The average molecular weight is 220 g/mol. The summed E-state index contributed by atoms with van der Waals surface area (Å²) in [4.78, 5) is 0. The summed E-state index contributed by atoms with van der Waals surface area (Å²) in [6, 6.07) is 6.23. The van der Waals surface area contributed by atoms with Crippen LogP contribution in [-0.2, 0) is 13.6 Å². The van der Waals surface area contributed by atoms with Gasteiger partial charge in [-0.3, -0.25) is 4.68 Å². The van der Waals surface area contributed by atoms with Crippen molar-refractivity contribution in [3.63, 3.8) is 0 Å². The van der Waals surface area contributed by atoms with Gasteiger partial charge < -0.3 is 10.9 Å². The summed E-state index contributed by atoms with van der Waals surface area (Å²) < 4.78 is 1.89. The van der Waals surface area contributed by atoms with Crippen molar-refractivity contribution in [2.24, 2.45) is 17.9 Å². The number of hydrogen-bond acceptors (Lipinski definition) is 4. The predicted molar refractivity (Wildman–Crippen MR) is 64.7 cm³/mol. The molecular formula is C11H16N4O. The largest absolute Gasteiger partial charge is 0.411 e. The van der Waals surface area contributed by atoms with Crippen molar-refractivity contribution in [2.45, 2.75) is 13.5 Å². The Morgan fingerprint density at radius 1 is 1.56 bits per heavy atom. The summed E-state index contributed by atoms with van der Waals surface area (Å²) in [6.45, 7) is 5.27. The van der Waals surface area contributed by atoms with E-state index in [-0.39, 0.29) is 0 Å². The van der Waals surface area contributed by atoms with Crippen molar-refractivity contribution >= 4 is 17.6 Å². The molecule has 0 bridgehead atoms. The predicted octanol–water partition coefficient (Wildman–Crippen LogP) is 1.42. The summed E-state index contributed by atoms with van der Waals surface area (Å²) in [6.07, 6.45) is 0. The minimum absolute atomic E-state index is 0.583. The first-order valence-corrected chi connectivity index (χ1v) is 4.86. The van der Waals surface area contributed by atoms with Gasteiger partial charge in [-0.1, -0.05) is 12.1 Å². The van der Waals surface area contributed by atoms with Crippen LogP contribution in [0, 0.1) is 6.92 Å². The van der Waals surface area contributed by atoms with Crippen LogP contribution in [0.15, 0.2) is 23.4 Å². The first-order valence-electron chi connectivity index (χ1n) is 4.86. The van der Waals surface area contributed by atoms with Crippen molar-refractivity contribution in [2.75, 3.05) is 0 Å². The molecule has 0 unspecified atom stereocenters. The smallest absolute Gasteiger partial charge is 0.0685 e. The second kappa shape index (κ2) is 5.27. The highest BCUT2D eigenvalue weighted by Crippen LogP contribution is 2.18. The maximum absolute atomic E-state index is 7.08. The molecule has 1 aromatic carbocycles. The molecule has 16 heavy (non-hydrogen) atoms. The van der Waals surface area contributed by atoms with Crippen molar-refractivity contribution < 1.29 is 5.21 Å². The Bertz CT molecular complexity index is 490. The molecular weight excluding hydrogens is 204 g/mol. The van der Waals surface area contributed by atoms with Gasteiger partial charge in [0.1, 0.15) is 0 Å². The van der Waals surface area contributed by atoms with E-state index in [0.29, 0.717) is 6.54 Å². The molecule has 0 aliphatic carbocycles. The van der Waals surface area contributed by atoms with E-state index in [1.807, 2.05) is 18.7 Å². The van der Waals surface area contributed by atoms with E-state index in [4.69, 9.17) is 10.9 Å². The van der Waals surface area contributed by atoms with Crippen LogP contribution in [0.5, 0.6) is 0 Å². The first-order chi connectivity index (χ1) is 7.63. The van der Waals surface area contributed by atoms with Gasteiger partial charge in [-0.05, 0) is 18.6 Å². The van der Waals surface area contributed by atoms with Crippen LogP contribution in [0.25, 0.3) is 10.9 Å². The number of fused-ring (bicyclic) bond motifs is 1. The zero-order chi connectivity index (χ0) is 12.1. The average Bonchev–Trinajstić information content (AvgIpc) is 2.55. The summed E-state index contributed by atoms with van der Waals surface area (Å²) in [5, 5.41) is 14.9. The summed E-state index contributed by atoms with van der Waals surface area (Å²) in [5.41, 5.74) is 8.94. The van der Waals surface area contributed by atoms with Crippen LogP contribution in [0.2, 0.25) is 0 Å². The minimum Gasteiger partial charge on any atom is -0.411 e. The van der Waals surface area contributed by atoms with E-state index < -0.39 is 0 Å². The van der Waals surface area contributed by atoms with E-state index in [2.05, 4.69) is 35.2 Å². The number of aryl methyl sites for hydroxylation is 2. The Kier molecular flexibility index (Phi) is 4.02. The Morgan fingerprint density at radius 3 is 2.75 bits per heavy atom. The monoisotopic (exact) mass is 220 g/mol. The molecule has 5 heteroatoms. The maximum Gasteiger partial charge on any atom is 0.0685 e. The quantitative estimate of drug-likeness (QED) is 0.433. The molecule has 0 spiro atoms. The van der Waals surface area contributed by atoms with Gasteiger partial charge in [-0.25, -0.2) is 0 Å². The SMILES string of the molecule is C=NO.Cc1nn(C)c2cc(CN)ccc12. The second-order valence-corrected chi connectivity index (χ2v) is 3.41. The van der Waals surface area contributed by atoms with E-state index >= 15 is 0 Å². The molecule has 0 amide bonds. The number of rotatable bonds is 1. The lowest BCUT2D eigenvalue weighted by Crippen LogP contribution is -1.96. The third kappa shape index (κ3) is 2.38. The van der Waals surface area contributed by atoms with E-state index in [9.17, 15) is 0 Å². The van der Waals surface area contributed by atoms with Gasteiger partial charge in [-0.15, -0.1) is 5.16 Å². The molecule has 2 aromatic rings. The van der Waals surface area contributed by atoms with Gasteiger partial charge in [0.05, 0.1) is 11.2 Å². The van der Waals surface area contributed by atoms with Crippen LogP contribution in [0.4, 0.5) is 0 Å². The fourth-order valence-corrected chi connectivity index (χ4v) is 1.61. The van der Waals surface area contributed by atoms with Crippen LogP contribution < -0.4 is 5.73 Å². The topological polar surface area (TPSA) is 76.4 Å². The number of nitrogens with zero attached hydrogens (tertiary/aromatic N) is 3. The lowest BCUT2D eigenvalue weighted by atomic mass is 10.1. The molecule has 1 aromatic heterocycles. The van der Waals surface area contributed by atoms with Gasteiger partial charge in [0.15, 0.2) is 0 Å². The number of oxime groups is 1. The molecule has 0 fully saturated rings. The number of aromatic nitrogens is 2. The molecule has 2 rings (SSSR count). The molecule has 3 N–H and O–H groups in total. The molecule has 1 heterocycles. The second-order valence-electron chi connectivity index (χ2n) is 3.41. The fourth-order valence-electron chi connectivity index (χ4n) is 1.61. The molecule has 0 saturated carbocycles. The minimum atomic E-state index is 0.583. The molecule has 86 valence electrons. The van der Waals surface area contributed by atoms with Crippen LogP contribution in [-0.4, -0.2) is 21.7 Å². The van der Waals surface area contributed by atoms with Gasteiger partial charge in [0, 0.05) is 25.7 Å². The zero-order valence-corrected chi connectivity index (χ0v) is 9.51. The third-order valence-corrected chi connectivity index (χ3v) is 2.34. The summed E-state index contributed by atoms with van der Waals surface area (Å²) >= 11 is 0. The highest BCUT2D eigenvalue weighted by atomic mass is 16.4. The van der Waals surface area contributed by atoms with E-state index in [1.54, 1.807) is 0 Å². The normalized spacial score (nSPS) is 9.69. The molecule has 0 aliphatic heterocycles. The fraction of sp³-hybridized carbons (Fsp3) is 0.273. The molecule has 0 aliphatic rings.